The van der Waals surface area contributed by atoms with E-state index in [2.05, 4.69) is 5.32 Å². The van der Waals surface area contributed by atoms with E-state index in [1.54, 1.807) is 49.4 Å². The Morgan fingerprint density at radius 3 is 2.58 bits per heavy atom. The fourth-order valence-corrected chi connectivity index (χ4v) is 3.90. The molecule has 2 aromatic carbocycles. The Kier molecular flexibility index (Phi) is 8.00. The zero-order chi connectivity index (χ0) is 18.9. The van der Waals surface area contributed by atoms with Gasteiger partial charge in [-0.1, -0.05) is 30.3 Å². The second kappa shape index (κ2) is 10.2. The molecule has 2 rings (SSSR count). The molecule has 0 heterocycles. The van der Waals surface area contributed by atoms with Gasteiger partial charge in [0.15, 0.2) is 0 Å². The van der Waals surface area contributed by atoms with Crippen LogP contribution in [0.2, 0.25) is 0 Å². The Bertz CT molecular complexity index is 770. The molecule has 0 radical (unpaired) electrons. The van der Waals surface area contributed by atoms with Crippen LogP contribution in [0.3, 0.4) is 0 Å². The molecule has 26 heavy (non-hydrogen) atoms. The van der Waals surface area contributed by atoms with Crippen LogP contribution in [0.4, 0.5) is 4.39 Å². The Hall–Kier alpha value is -1.99. The molecule has 0 aromatic heterocycles. The quantitative estimate of drug-likeness (QED) is 0.497. The van der Waals surface area contributed by atoms with Crippen LogP contribution in [-0.4, -0.2) is 34.5 Å². The highest BCUT2D eigenvalue weighted by molar-refractivity contribution is 8.00. The van der Waals surface area contributed by atoms with Gasteiger partial charge in [-0.2, -0.15) is 11.8 Å². The number of nitrogens with one attached hydrogen (secondary N) is 1. The van der Waals surface area contributed by atoms with E-state index in [0.717, 1.165) is 11.8 Å². The van der Waals surface area contributed by atoms with Crippen LogP contribution >= 0.6 is 23.5 Å². The van der Waals surface area contributed by atoms with Gasteiger partial charge in [-0.25, -0.2) is 4.39 Å². The molecule has 2 N–H and O–H groups in total. The molecule has 2 aromatic rings. The van der Waals surface area contributed by atoms with Gasteiger partial charge in [-0.3, -0.25) is 9.59 Å². The van der Waals surface area contributed by atoms with Crippen molar-refractivity contribution in [3.8, 4) is 0 Å². The van der Waals surface area contributed by atoms with Crippen LogP contribution in [0.5, 0.6) is 0 Å². The molecule has 0 aliphatic rings. The maximum atomic E-state index is 13.5. The summed E-state index contributed by atoms with van der Waals surface area (Å²) in [7, 11) is 0. The van der Waals surface area contributed by atoms with E-state index in [4.69, 9.17) is 5.11 Å². The molecule has 0 bridgehead atoms. The lowest BCUT2D eigenvalue weighted by Crippen LogP contribution is -2.26. The highest BCUT2D eigenvalue weighted by Gasteiger charge is 2.17. The summed E-state index contributed by atoms with van der Waals surface area (Å²) in [6.45, 7) is 2.03. The third-order valence-electron chi connectivity index (χ3n) is 3.53. The molecule has 0 aliphatic carbocycles. The number of thioether (sulfide) groups is 2. The first-order valence-corrected chi connectivity index (χ1v) is 10.1. The maximum Gasteiger partial charge on any atom is 0.316 e. The highest BCUT2D eigenvalue weighted by Crippen LogP contribution is 2.27. The number of carboxylic acids is 1. The highest BCUT2D eigenvalue weighted by atomic mass is 32.2. The summed E-state index contributed by atoms with van der Waals surface area (Å²) in [5.41, 5.74) is 1.11. The first kappa shape index (κ1) is 20.3. The van der Waals surface area contributed by atoms with E-state index in [1.807, 2.05) is 0 Å². The average molecular weight is 394 g/mol. The minimum Gasteiger partial charge on any atom is -0.480 e. The van der Waals surface area contributed by atoms with Gasteiger partial charge in [0, 0.05) is 22.9 Å². The Morgan fingerprint density at radius 2 is 1.85 bits per heavy atom. The van der Waals surface area contributed by atoms with Crippen LogP contribution in [0.25, 0.3) is 0 Å². The lowest BCUT2D eigenvalue weighted by molar-refractivity contribution is -0.136. The normalized spacial score (nSPS) is 11.8. The van der Waals surface area contributed by atoms with Gasteiger partial charge < -0.3 is 10.4 Å². The van der Waals surface area contributed by atoms with Crippen LogP contribution in [-0.2, 0) is 10.5 Å². The van der Waals surface area contributed by atoms with Gasteiger partial charge in [0.05, 0.1) is 5.56 Å². The van der Waals surface area contributed by atoms with E-state index in [0.29, 0.717) is 34.1 Å². The topological polar surface area (TPSA) is 66.4 Å². The van der Waals surface area contributed by atoms with Crippen molar-refractivity contribution < 1.29 is 19.1 Å². The van der Waals surface area contributed by atoms with E-state index in [-0.39, 0.29) is 11.7 Å². The van der Waals surface area contributed by atoms with Crippen molar-refractivity contribution in [2.24, 2.45) is 0 Å². The molecule has 1 unspecified atom stereocenters. The summed E-state index contributed by atoms with van der Waals surface area (Å²) in [6, 6.07) is 13.6. The molecular weight excluding hydrogens is 373 g/mol. The van der Waals surface area contributed by atoms with Crippen molar-refractivity contribution in [1.29, 1.82) is 0 Å². The minimum absolute atomic E-state index is 0.220. The Balaban J connectivity index is 1.83. The van der Waals surface area contributed by atoms with Gasteiger partial charge in [-0.15, -0.1) is 11.8 Å². The number of halogens is 1. The van der Waals surface area contributed by atoms with Crippen molar-refractivity contribution in [2.45, 2.75) is 22.8 Å². The SMILES string of the molecule is CC(Sc1ccccc1C(=O)NCCSCc1ccccc1F)C(=O)O. The molecule has 4 nitrogen and oxygen atoms in total. The second-order valence-electron chi connectivity index (χ2n) is 5.49. The Morgan fingerprint density at radius 1 is 1.15 bits per heavy atom. The fraction of sp³-hybridized carbons (Fsp3) is 0.263. The van der Waals surface area contributed by atoms with Crippen molar-refractivity contribution in [3.05, 3.63) is 65.5 Å². The predicted octanol–water partition coefficient (Wildman–Crippen LogP) is 4.05. The third kappa shape index (κ3) is 6.07. The van der Waals surface area contributed by atoms with Gasteiger partial charge in [0.2, 0.25) is 0 Å². The number of amides is 1. The molecular formula is C19H20FNO3S2. The number of rotatable bonds is 9. The number of benzene rings is 2. The predicted molar refractivity (Wildman–Crippen MR) is 104 cm³/mol. The lowest BCUT2D eigenvalue weighted by Gasteiger charge is -2.12. The summed E-state index contributed by atoms with van der Waals surface area (Å²) in [4.78, 5) is 24.0. The summed E-state index contributed by atoms with van der Waals surface area (Å²) in [6.07, 6.45) is 0. The van der Waals surface area contributed by atoms with E-state index >= 15 is 0 Å². The number of carboxylic acid groups (broad SMARTS) is 1. The zero-order valence-electron chi connectivity index (χ0n) is 14.3. The molecule has 0 fully saturated rings. The number of aliphatic carboxylic acids is 1. The molecule has 1 amide bonds. The minimum atomic E-state index is -0.922. The first-order chi connectivity index (χ1) is 12.5. The van der Waals surface area contributed by atoms with Crippen LogP contribution in [0.1, 0.15) is 22.8 Å². The van der Waals surface area contributed by atoms with Crippen molar-refractivity contribution in [3.63, 3.8) is 0 Å². The molecule has 0 aliphatic heterocycles. The summed E-state index contributed by atoms with van der Waals surface area (Å²) >= 11 is 2.68. The van der Waals surface area contributed by atoms with Crippen molar-refractivity contribution in [2.75, 3.05) is 12.3 Å². The molecule has 138 valence electrons. The zero-order valence-corrected chi connectivity index (χ0v) is 15.9. The van der Waals surface area contributed by atoms with E-state index < -0.39 is 11.2 Å². The number of carbonyl (C=O) groups is 2. The summed E-state index contributed by atoms with van der Waals surface area (Å²) < 4.78 is 13.5. The maximum absolute atomic E-state index is 13.5. The van der Waals surface area contributed by atoms with E-state index in [9.17, 15) is 14.0 Å². The first-order valence-electron chi connectivity index (χ1n) is 8.07. The van der Waals surface area contributed by atoms with E-state index in [1.165, 1.54) is 17.8 Å². The van der Waals surface area contributed by atoms with Crippen LogP contribution in [0, 0.1) is 5.82 Å². The molecule has 0 saturated carbocycles. The lowest BCUT2D eigenvalue weighted by atomic mass is 10.2. The van der Waals surface area contributed by atoms with Crippen LogP contribution < -0.4 is 5.32 Å². The monoisotopic (exact) mass is 393 g/mol. The van der Waals surface area contributed by atoms with Crippen molar-refractivity contribution in [1.82, 2.24) is 5.32 Å². The van der Waals surface area contributed by atoms with Gasteiger partial charge in [0.1, 0.15) is 11.1 Å². The standard InChI is InChI=1S/C19H20FNO3S2/c1-13(19(23)24)26-17-9-5-3-7-15(17)18(22)21-10-11-25-12-14-6-2-4-8-16(14)20/h2-9,13H,10-12H2,1H3,(H,21,22)(H,23,24). The summed E-state index contributed by atoms with van der Waals surface area (Å²) in [5.74, 6) is -0.180. The molecule has 0 spiro atoms. The van der Waals surface area contributed by atoms with Gasteiger partial charge in [0.25, 0.3) is 5.91 Å². The second-order valence-corrected chi connectivity index (χ2v) is 7.98. The number of carbonyl (C=O) groups excluding carboxylic acids is 1. The fourth-order valence-electron chi connectivity index (χ4n) is 2.13. The summed E-state index contributed by atoms with van der Waals surface area (Å²) in [5, 5.41) is 11.2. The Labute approximate surface area is 160 Å². The average Bonchev–Trinajstić information content (AvgIpc) is 2.63. The molecule has 0 saturated heterocycles. The molecule has 7 heteroatoms. The van der Waals surface area contributed by atoms with Gasteiger partial charge in [-0.05, 0) is 30.7 Å². The largest absolute Gasteiger partial charge is 0.480 e. The smallest absolute Gasteiger partial charge is 0.316 e. The van der Waals surface area contributed by atoms with Gasteiger partial charge >= 0.3 is 5.97 Å². The molecule has 1 atom stereocenters. The van der Waals surface area contributed by atoms with Crippen LogP contribution in [0.15, 0.2) is 53.4 Å². The third-order valence-corrected chi connectivity index (χ3v) is 5.70. The number of hydrogen-bond acceptors (Lipinski definition) is 4. The number of hydrogen-bond donors (Lipinski definition) is 2. The van der Waals surface area contributed by atoms with Crippen molar-refractivity contribution >= 4 is 35.4 Å².